The van der Waals surface area contributed by atoms with E-state index in [9.17, 15) is 9.59 Å². The van der Waals surface area contributed by atoms with E-state index in [0.717, 1.165) is 42.7 Å². The number of anilines is 1. The maximum Gasteiger partial charge on any atom is 0.299 e. The van der Waals surface area contributed by atoms with Crippen LogP contribution >= 0.6 is 11.6 Å². The van der Waals surface area contributed by atoms with Crippen molar-refractivity contribution < 1.29 is 9.59 Å². The van der Waals surface area contributed by atoms with Crippen LogP contribution in [0.4, 0.5) is 5.69 Å². The third-order valence-electron chi connectivity index (χ3n) is 5.25. The first-order valence-corrected chi connectivity index (χ1v) is 9.92. The van der Waals surface area contributed by atoms with Gasteiger partial charge < -0.3 is 14.8 Å². The maximum absolute atomic E-state index is 13.4. The maximum atomic E-state index is 13.4. The van der Waals surface area contributed by atoms with Gasteiger partial charge in [-0.25, -0.2) is 0 Å². The minimum atomic E-state index is -0.513. The average molecular weight is 396 g/mol. The van der Waals surface area contributed by atoms with Crippen LogP contribution in [0.2, 0.25) is 5.02 Å². The first kappa shape index (κ1) is 18.7. The van der Waals surface area contributed by atoms with Gasteiger partial charge in [-0.2, -0.15) is 0 Å². The Balaban J connectivity index is 1.79. The lowest BCUT2D eigenvalue weighted by Crippen LogP contribution is -2.37. The fourth-order valence-corrected chi connectivity index (χ4v) is 4.07. The van der Waals surface area contributed by atoms with Gasteiger partial charge in [-0.15, -0.1) is 0 Å². The number of hydrogen-bond acceptors (Lipinski definition) is 3. The van der Waals surface area contributed by atoms with Crippen molar-refractivity contribution in [1.29, 1.82) is 0 Å². The summed E-state index contributed by atoms with van der Waals surface area (Å²) >= 11 is 5.96. The second kappa shape index (κ2) is 7.78. The highest BCUT2D eigenvalue weighted by atomic mass is 35.5. The topological polar surface area (TPSA) is 54.3 Å². The zero-order valence-electron chi connectivity index (χ0n) is 15.7. The van der Waals surface area contributed by atoms with Crippen molar-refractivity contribution in [3.63, 3.8) is 0 Å². The molecule has 28 heavy (non-hydrogen) atoms. The fraction of sp³-hybridized carbons (Fsp3) is 0.273. The summed E-state index contributed by atoms with van der Waals surface area (Å²) in [6.07, 6.45) is 0.718. The number of Topliss-reactive ketones (excluding diaryl/α,β-unsaturated/α-hetero) is 1. The van der Waals surface area contributed by atoms with Crippen molar-refractivity contribution in [2.24, 2.45) is 0 Å². The van der Waals surface area contributed by atoms with Crippen molar-refractivity contribution in [2.45, 2.75) is 19.9 Å². The van der Waals surface area contributed by atoms with Crippen molar-refractivity contribution in [1.82, 2.24) is 9.88 Å². The van der Waals surface area contributed by atoms with Gasteiger partial charge in [0, 0.05) is 59.9 Å². The van der Waals surface area contributed by atoms with E-state index in [1.54, 1.807) is 24.3 Å². The normalized spacial score (nSPS) is 13.8. The van der Waals surface area contributed by atoms with Crippen LogP contribution in [0.1, 0.15) is 23.0 Å². The molecule has 0 radical (unpaired) electrons. The molecule has 6 heteroatoms. The summed E-state index contributed by atoms with van der Waals surface area (Å²) in [7, 11) is 0. The Morgan fingerprint density at radius 3 is 2.61 bits per heavy atom. The molecule has 1 N–H and O–H groups in total. The largest absolute Gasteiger partial charge is 0.343 e. The number of benzene rings is 2. The molecule has 0 spiro atoms. The Morgan fingerprint density at radius 2 is 1.86 bits per heavy atom. The van der Waals surface area contributed by atoms with Gasteiger partial charge in [-0.1, -0.05) is 29.8 Å². The van der Waals surface area contributed by atoms with Crippen LogP contribution < -0.4 is 10.2 Å². The summed E-state index contributed by atoms with van der Waals surface area (Å²) in [5.41, 5.74) is 3.15. The molecule has 2 aromatic carbocycles. The summed E-state index contributed by atoms with van der Waals surface area (Å²) < 4.78 is 2.18. The molecule has 1 aromatic heterocycles. The number of nitrogens with zero attached hydrogens (tertiary/aromatic N) is 2. The summed E-state index contributed by atoms with van der Waals surface area (Å²) in [5.74, 6) is -0.968. The SMILES string of the molecule is CCN(C(=O)C(=O)c1c2n(c3ccccc13)CCNCC2)c1ccc(Cl)cc1. The number of nitrogens with one attached hydrogen (secondary N) is 1. The quantitative estimate of drug-likeness (QED) is 0.541. The van der Waals surface area contributed by atoms with E-state index in [4.69, 9.17) is 11.6 Å². The minimum absolute atomic E-state index is 0.404. The van der Waals surface area contributed by atoms with Gasteiger partial charge in [-0.3, -0.25) is 9.59 Å². The molecule has 1 aliphatic rings. The van der Waals surface area contributed by atoms with Gasteiger partial charge in [0.15, 0.2) is 0 Å². The first-order valence-electron chi connectivity index (χ1n) is 9.54. The Labute approximate surface area is 168 Å². The number of amides is 1. The highest BCUT2D eigenvalue weighted by Crippen LogP contribution is 2.29. The predicted octanol–water partition coefficient (Wildman–Crippen LogP) is 3.68. The molecule has 0 atom stereocenters. The van der Waals surface area contributed by atoms with Crippen LogP contribution in [0.5, 0.6) is 0 Å². The molecule has 2 heterocycles. The molecule has 0 fully saturated rings. The van der Waals surface area contributed by atoms with Gasteiger partial charge in [0.1, 0.15) is 0 Å². The van der Waals surface area contributed by atoms with E-state index >= 15 is 0 Å². The molecule has 5 nitrogen and oxygen atoms in total. The molecule has 0 aliphatic carbocycles. The standard InChI is InChI=1S/C22H22ClN3O2/c1-2-25(16-9-7-15(23)8-10-16)22(28)21(27)20-17-5-3-4-6-18(17)26-14-13-24-12-11-19(20)26/h3-10,24H,2,11-14H2,1H3. The Bertz CT molecular complexity index is 1040. The summed E-state index contributed by atoms with van der Waals surface area (Å²) in [5, 5.41) is 4.81. The minimum Gasteiger partial charge on any atom is -0.343 e. The predicted molar refractivity (Wildman–Crippen MR) is 112 cm³/mol. The van der Waals surface area contributed by atoms with E-state index in [1.807, 2.05) is 31.2 Å². The zero-order valence-corrected chi connectivity index (χ0v) is 16.5. The lowest BCUT2D eigenvalue weighted by molar-refractivity contribution is -0.114. The fourth-order valence-electron chi connectivity index (χ4n) is 3.94. The van der Waals surface area contributed by atoms with Crippen molar-refractivity contribution >= 4 is 39.9 Å². The second-order valence-electron chi connectivity index (χ2n) is 6.85. The lowest BCUT2D eigenvalue weighted by Gasteiger charge is -2.20. The number of halogens is 1. The number of carbonyl (C=O) groups is 2. The molecule has 1 aliphatic heterocycles. The van der Waals surface area contributed by atoms with Crippen LogP contribution in [-0.4, -0.2) is 35.9 Å². The van der Waals surface area contributed by atoms with Gasteiger partial charge >= 0.3 is 0 Å². The molecule has 1 amide bonds. The van der Waals surface area contributed by atoms with E-state index in [2.05, 4.69) is 9.88 Å². The molecule has 144 valence electrons. The third-order valence-corrected chi connectivity index (χ3v) is 5.50. The Hall–Kier alpha value is -2.63. The van der Waals surface area contributed by atoms with Crippen LogP contribution in [0.25, 0.3) is 10.9 Å². The molecule has 0 unspecified atom stereocenters. The molecule has 3 aromatic rings. The van der Waals surface area contributed by atoms with Crippen LogP contribution in [0, 0.1) is 0 Å². The number of rotatable bonds is 4. The number of fused-ring (bicyclic) bond motifs is 3. The Kier molecular flexibility index (Phi) is 5.20. The summed E-state index contributed by atoms with van der Waals surface area (Å²) in [6, 6.07) is 14.8. The number of ketones is 1. The first-order chi connectivity index (χ1) is 13.6. The summed E-state index contributed by atoms with van der Waals surface area (Å²) in [4.78, 5) is 28.1. The number of likely N-dealkylation sites (N-methyl/N-ethyl adjacent to an activating group) is 1. The van der Waals surface area contributed by atoms with Crippen LogP contribution in [0.3, 0.4) is 0 Å². The number of hydrogen-bond donors (Lipinski definition) is 1. The highest BCUT2D eigenvalue weighted by Gasteiger charge is 2.30. The van der Waals surface area contributed by atoms with Crippen molar-refractivity contribution in [3.05, 3.63) is 64.8 Å². The van der Waals surface area contributed by atoms with Gasteiger partial charge in [0.2, 0.25) is 0 Å². The highest BCUT2D eigenvalue weighted by molar-refractivity contribution is 6.49. The van der Waals surface area contributed by atoms with Crippen LogP contribution in [-0.2, 0) is 17.8 Å². The van der Waals surface area contributed by atoms with Gasteiger partial charge in [0.05, 0.1) is 5.56 Å². The number of carbonyl (C=O) groups excluding carboxylic acids is 2. The van der Waals surface area contributed by atoms with E-state index in [0.29, 0.717) is 22.8 Å². The summed E-state index contributed by atoms with van der Waals surface area (Å²) in [6.45, 7) is 4.69. The molecule has 0 bridgehead atoms. The second-order valence-corrected chi connectivity index (χ2v) is 7.28. The molecular formula is C22H22ClN3O2. The zero-order chi connectivity index (χ0) is 19.7. The smallest absolute Gasteiger partial charge is 0.299 e. The Morgan fingerprint density at radius 1 is 1.11 bits per heavy atom. The third kappa shape index (κ3) is 3.21. The molecule has 0 saturated carbocycles. The monoisotopic (exact) mass is 395 g/mol. The van der Waals surface area contributed by atoms with Crippen molar-refractivity contribution in [2.75, 3.05) is 24.5 Å². The number of para-hydroxylation sites is 1. The molecule has 0 saturated heterocycles. The molecule has 4 rings (SSSR count). The van der Waals surface area contributed by atoms with E-state index in [-0.39, 0.29) is 0 Å². The molecular weight excluding hydrogens is 374 g/mol. The van der Waals surface area contributed by atoms with E-state index < -0.39 is 11.7 Å². The van der Waals surface area contributed by atoms with Crippen molar-refractivity contribution in [3.8, 4) is 0 Å². The number of aromatic nitrogens is 1. The van der Waals surface area contributed by atoms with E-state index in [1.165, 1.54) is 4.90 Å². The van der Waals surface area contributed by atoms with Gasteiger partial charge in [-0.05, 0) is 37.3 Å². The lowest BCUT2D eigenvalue weighted by atomic mass is 10.0. The van der Waals surface area contributed by atoms with Gasteiger partial charge in [0.25, 0.3) is 11.7 Å². The average Bonchev–Trinajstić information content (AvgIpc) is 2.85. The van der Waals surface area contributed by atoms with Crippen LogP contribution in [0.15, 0.2) is 48.5 Å².